The van der Waals surface area contributed by atoms with E-state index in [1.807, 2.05) is 42.6 Å². The molecule has 24 heavy (non-hydrogen) atoms. The second-order valence-electron chi connectivity index (χ2n) is 5.31. The monoisotopic (exact) mass is 316 g/mol. The van der Waals surface area contributed by atoms with Crippen molar-refractivity contribution in [2.45, 2.75) is 6.42 Å². The van der Waals surface area contributed by atoms with Crippen LogP contribution in [0.3, 0.4) is 0 Å². The van der Waals surface area contributed by atoms with Gasteiger partial charge in [-0.1, -0.05) is 12.1 Å². The Hall–Kier alpha value is -3.39. The molecule has 5 nitrogen and oxygen atoms in total. The van der Waals surface area contributed by atoms with E-state index in [2.05, 4.69) is 10.4 Å². The Kier molecular flexibility index (Phi) is 4.68. The van der Waals surface area contributed by atoms with Gasteiger partial charge in [0.2, 0.25) is 0 Å². The predicted molar refractivity (Wildman–Crippen MR) is 90.8 cm³/mol. The standard InChI is InChI=1S/C19H16N4O/c20-14-16-2-6-17(7-3-16)19(24)21-12-10-15-4-8-18(9-5-15)23-13-1-11-22-23/h1-9,11,13H,10,12H2,(H,21,24). The van der Waals surface area contributed by atoms with E-state index in [4.69, 9.17) is 5.26 Å². The first-order chi connectivity index (χ1) is 11.8. The fourth-order valence-corrected chi connectivity index (χ4v) is 2.36. The van der Waals surface area contributed by atoms with Crippen LogP contribution in [-0.2, 0) is 6.42 Å². The molecule has 3 rings (SSSR count). The van der Waals surface area contributed by atoms with E-state index < -0.39 is 0 Å². The van der Waals surface area contributed by atoms with Crippen LogP contribution in [-0.4, -0.2) is 22.2 Å². The van der Waals surface area contributed by atoms with Gasteiger partial charge in [0.25, 0.3) is 5.91 Å². The third kappa shape index (κ3) is 3.68. The minimum absolute atomic E-state index is 0.132. The number of amides is 1. The average Bonchev–Trinajstić information content (AvgIpc) is 3.17. The van der Waals surface area contributed by atoms with E-state index in [9.17, 15) is 4.79 Å². The van der Waals surface area contributed by atoms with Gasteiger partial charge in [0.05, 0.1) is 17.3 Å². The van der Waals surface area contributed by atoms with Crippen molar-refractivity contribution in [3.8, 4) is 11.8 Å². The van der Waals surface area contributed by atoms with Crippen LogP contribution in [0, 0.1) is 11.3 Å². The second-order valence-corrected chi connectivity index (χ2v) is 5.31. The molecule has 0 unspecified atom stereocenters. The van der Waals surface area contributed by atoms with Crippen molar-refractivity contribution in [1.82, 2.24) is 15.1 Å². The van der Waals surface area contributed by atoms with Crippen LogP contribution in [0.1, 0.15) is 21.5 Å². The number of rotatable bonds is 5. The Morgan fingerprint density at radius 2 is 1.88 bits per heavy atom. The summed E-state index contributed by atoms with van der Waals surface area (Å²) in [6.45, 7) is 0.556. The Labute approximate surface area is 140 Å². The number of carbonyl (C=O) groups excluding carboxylic acids is 1. The van der Waals surface area contributed by atoms with Gasteiger partial charge in [-0.05, 0) is 54.4 Å². The van der Waals surface area contributed by atoms with Gasteiger partial charge in [-0.25, -0.2) is 4.68 Å². The molecule has 0 aliphatic carbocycles. The highest BCUT2D eigenvalue weighted by atomic mass is 16.1. The lowest BCUT2D eigenvalue weighted by molar-refractivity contribution is 0.0954. The number of nitriles is 1. The third-order valence-corrected chi connectivity index (χ3v) is 3.68. The summed E-state index contributed by atoms with van der Waals surface area (Å²) in [5.41, 5.74) is 3.25. The molecule has 0 spiro atoms. The molecule has 0 aliphatic heterocycles. The van der Waals surface area contributed by atoms with Crippen LogP contribution < -0.4 is 5.32 Å². The van der Waals surface area contributed by atoms with E-state index in [1.54, 1.807) is 35.1 Å². The molecule has 3 aromatic rings. The lowest BCUT2D eigenvalue weighted by Gasteiger charge is -2.07. The summed E-state index contributed by atoms with van der Waals surface area (Å²) in [6, 6.07) is 18.6. The lowest BCUT2D eigenvalue weighted by atomic mass is 10.1. The predicted octanol–water partition coefficient (Wildman–Crippen LogP) is 2.72. The Balaban J connectivity index is 1.52. The van der Waals surface area contributed by atoms with Gasteiger partial charge in [-0.15, -0.1) is 0 Å². The van der Waals surface area contributed by atoms with Crippen LogP contribution in [0.15, 0.2) is 67.0 Å². The largest absolute Gasteiger partial charge is 0.352 e. The van der Waals surface area contributed by atoms with Crippen LogP contribution in [0.25, 0.3) is 5.69 Å². The van der Waals surface area contributed by atoms with Crippen molar-refractivity contribution < 1.29 is 4.79 Å². The van der Waals surface area contributed by atoms with Crippen molar-refractivity contribution in [3.63, 3.8) is 0 Å². The second kappa shape index (κ2) is 7.25. The smallest absolute Gasteiger partial charge is 0.251 e. The van der Waals surface area contributed by atoms with E-state index in [0.717, 1.165) is 17.7 Å². The maximum Gasteiger partial charge on any atom is 0.251 e. The fourth-order valence-electron chi connectivity index (χ4n) is 2.36. The normalized spacial score (nSPS) is 10.1. The molecule has 1 aromatic heterocycles. The number of carbonyl (C=O) groups is 1. The van der Waals surface area contributed by atoms with E-state index in [-0.39, 0.29) is 5.91 Å². The van der Waals surface area contributed by atoms with Gasteiger partial charge in [-0.2, -0.15) is 10.4 Å². The topological polar surface area (TPSA) is 70.7 Å². The maximum absolute atomic E-state index is 12.0. The first-order valence-corrected chi connectivity index (χ1v) is 7.63. The van der Waals surface area contributed by atoms with E-state index >= 15 is 0 Å². The Morgan fingerprint density at radius 3 is 2.50 bits per heavy atom. The van der Waals surface area contributed by atoms with Crippen LogP contribution in [0.2, 0.25) is 0 Å². The summed E-state index contributed by atoms with van der Waals surface area (Å²) in [5.74, 6) is -0.132. The summed E-state index contributed by atoms with van der Waals surface area (Å²) >= 11 is 0. The SMILES string of the molecule is N#Cc1ccc(C(=O)NCCc2ccc(-n3cccn3)cc2)cc1. The summed E-state index contributed by atoms with van der Waals surface area (Å²) in [7, 11) is 0. The number of benzene rings is 2. The Bertz CT molecular complexity index is 844. The zero-order chi connectivity index (χ0) is 16.8. The van der Waals surface area contributed by atoms with Gasteiger partial charge in [0.15, 0.2) is 0 Å². The average molecular weight is 316 g/mol. The molecule has 1 N–H and O–H groups in total. The number of hydrogen-bond acceptors (Lipinski definition) is 3. The quantitative estimate of drug-likeness (QED) is 0.787. The highest BCUT2D eigenvalue weighted by Gasteiger charge is 2.05. The molecule has 0 saturated heterocycles. The Morgan fingerprint density at radius 1 is 1.12 bits per heavy atom. The molecule has 5 heteroatoms. The highest BCUT2D eigenvalue weighted by Crippen LogP contribution is 2.09. The molecule has 0 saturated carbocycles. The molecule has 0 fully saturated rings. The molecule has 2 aromatic carbocycles. The lowest BCUT2D eigenvalue weighted by Crippen LogP contribution is -2.25. The zero-order valence-electron chi connectivity index (χ0n) is 13.0. The highest BCUT2D eigenvalue weighted by molar-refractivity contribution is 5.94. The van der Waals surface area contributed by atoms with Crippen molar-refractivity contribution in [2.24, 2.45) is 0 Å². The maximum atomic E-state index is 12.0. The zero-order valence-corrected chi connectivity index (χ0v) is 13.0. The molecular formula is C19H16N4O. The van der Waals surface area contributed by atoms with Gasteiger partial charge in [-0.3, -0.25) is 4.79 Å². The molecular weight excluding hydrogens is 300 g/mol. The van der Waals surface area contributed by atoms with Crippen molar-refractivity contribution in [3.05, 3.63) is 83.7 Å². The first kappa shape index (κ1) is 15.5. The van der Waals surface area contributed by atoms with Crippen molar-refractivity contribution in [1.29, 1.82) is 5.26 Å². The van der Waals surface area contributed by atoms with Gasteiger partial charge in [0, 0.05) is 24.5 Å². The van der Waals surface area contributed by atoms with E-state index in [1.165, 1.54) is 0 Å². The molecule has 118 valence electrons. The number of aromatic nitrogens is 2. The summed E-state index contributed by atoms with van der Waals surface area (Å²) in [4.78, 5) is 12.0. The molecule has 1 amide bonds. The molecule has 0 radical (unpaired) electrons. The molecule has 0 atom stereocenters. The van der Waals surface area contributed by atoms with Gasteiger partial charge >= 0.3 is 0 Å². The summed E-state index contributed by atoms with van der Waals surface area (Å²) in [6.07, 6.45) is 4.39. The van der Waals surface area contributed by atoms with Crippen LogP contribution in [0.4, 0.5) is 0 Å². The van der Waals surface area contributed by atoms with Gasteiger partial charge in [0.1, 0.15) is 0 Å². The van der Waals surface area contributed by atoms with Crippen molar-refractivity contribution >= 4 is 5.91 Å². The van der Waals surface area contributed by atoms with Gasteiger partial charge < -0.3 is 5.32 Å². The first-order valence-electron chi connectivity index (χ1n) is 7.63. The summed E-state index contributed by atoms with van der Waals surface area (Å²) in [5, 5.41) is 15.8. The minimum atomic E-state index is -0.132. The molecule has 1 heterocycles. The number of nitrogens with zero attached hydrogens (tertiary/aromatic N) is 3. The number of hydrogen-bond donors (Lipinski definition) is 1. The number of nitrogens with one attached hydrogen (secondary N) is 1. The molecule has 0 bridgehead atoms. The third-order valence-electron chi connectivity index (χ3n) is 3.68. The van der Waals surface area contributed by atoms with E-state index in [0.29, 0.717) is 17.7 Å². The molecule has 0 aliphatic rings. The summed E-state index contributed by atoms with van der Waals surface area (Å²) < 4.78 is 1.80. The van der Waals surface area contributed by atoms with Crippen LogP contribution in [0.5, 0.6) is 0 Å². The van der Waals surface area contributed by atoms with Crippen molar-refractivity contribution in [2.75, 3.05) is 6.54 Å². The minimum Gasteiger partial charge on any atom is -0.352 e. The fraction of sp³-hybridized carbons (Fsp3) is 0.105. The van der Waals surface area contributed by atoms with Crippen LogP contribution >= 0.6 is 0 Å².